The number of aromatic amines is 1. The molecule has 2 aliphatic heterocycles. The van der Waals surface area contributed by atoms with Crippen LogP contribution in [-0.2, 0) is 14.8 Å². The van der Waals surface area contributed by atoms with Gasteiger partial charge >= 0.3 is 0 Å². The predicted molar refractivity (Wildman–Crippen MR) is 78.5 cm³/mol. The monoisotopic (exact) mass is 312 g/mol. The Bertz CT molecular complexity index is 562. The first kappa shape index (κ1) is 14.7. The Labute approximate surface area is 125 Å². The highest BCUT2D eigenvalue weighted by molar-refractivity contribution is 7.89. The van der Waals surface area contributed by atoms with Crippen LogP contribution in [0.25, 0.3) is 0 Å². The van der Waals surface area contributed by atoms with E-state index in [2.05, 4.69) is 10.3 Å². The number of anilines is 1. The molecule has 1 aromatic rings. The fourth-order valence-electron chi connectivity index (χ4n) is 2.79. The molecule has 0 spiro atoms. The number of nitrogens with one attached hydrogen (secondary N) is 2. The maximum absolute atomic E-state index is 12.4. The standard InChI is InChI=1S/C14H21N3O3S/c18-21(19,17-7-1-2-8-17)13-5-6-14(16-11-13)15-10-12-4-3-9-20-12/h5-6,11-12H,1-4,7-10H2,(H,15,16)/p+1/t12-/m0/s1. The lowest BCUT2D eigenvalue weighted by Gasteiger charge is -2.14. The van der Waals surface area contributed by atoms with E-state index in [1.165, 1.54) is 0 Å². The summed E-state index contributed by atoms with van der Waals surface area (Å²) in [6.07, 6.45) is 5.91. The number of H-pyrrole nitrogens is 1. The molecule has 0 radical (unpaired) electrons. The molecule has 6 nitrogen and oxygen atoms in total. The predicted octanol–water partition coefficient (Wildman–Crippen LogP) is 0.876. The minimum absolute atomic E-state index is 0.256. The maximum atomic E-state index is 12.4. The fourth-order valence-corrected chi connectivity index (χ4v) is 4.27. The number of nitrogens with zero attached hydrogens (tertiary/aromatic N) is 1. The second-order valence-electron chi connectivity index (χ2n) is 5.57. The van der Waals surface area contributed by atoms with E-state index in [1.54, 1.807) is 22.6 Å². The van der Waals surface area contributed by atoms with Gasteiger partial charge in [0, 0.05) is 25.8 Å². The van der Waals surface area contributed by atoms with E-state index in [-0.39, 0.29) is 6.10 Å². The molecule has 3 heterocycles. The largest absolute Gasteiger partial charge is 0.374 e. The van der Waals surface area contributed by atoms with E-state index in [9.17, 15) is 8.42 Å². The smallest absolute Gasteiger partial charge is 0.272 e. The summed E-state index contributed by atoms with van der Waals surface area (Å²) in [7, 11) is -3.34. The van der Waals surface area contributed by atoms with Gasteiger partial charge < -0.3 is 4.74 Å². The summed E-state index contributed by atoms with van der Waals surface area (Å²) in [4.78, 5) is 3.34. The molecule has 0 aliphatic carbocycles. The number of sulfonamides is 1. The lowest BCUT2D eigenvalue weighted by atomic mass is 10.2. The molecule has 0 unspecified atom stereocenters. The number of pyridine rings is 1. The summed E-state index contributed by atoms with van der Waals surface area (Å²) in [5.41, 5.74) is 0. The molecule has 2 aliphatic rings. The second kappa shape index (κ2) is 6.29. The van der Waals surface area contributed by atoms with Crippen molar-refractivity contribution in [3.05, 3.63) is 18.3 Å². The summed E-state index contributed by atoms with van der Waals surface area (Å²) >= 11 is 0. The Morgan fingerprint density at radius 1 is 1.29 bits per heavy atom. The normalized spacial score (nSPS) is 23.5. The van der Waals surface area contributed by atoms with Crippen LogP contribution in [-0.4, -0.2) is 45.1 Å². The SMILES string of the molecule is O=S(=O)(c1ccc(NC[C@@H]2CCCO2)[nH+]c1)N1CCCC1. The Kier molecular flexibility index (Phi) is 4.42. The van der Waals surface area contributed by atoms with Crippen LogP contribution in [0, 0.1) is 0 Å². The molecular weight excluding hydrogens is 290 g/mol. The Hall–Kier alpha value is -1.18. The molecular formula is C14H22N3O3S+. The summed E-state index contributed by atoms with van der Waals surface area (Å²) in [6.45, 7) is 2.83. The van der Waals surface area contributed by atoms with Gasteiger partial charge in [0.25, 0.3) is 5.82 Å². The molecule has 3 rings (SSSR count). The van der Waals surface area contributed by atoms with E-state index >= 15 is 0 Å². The van der Waals surface area contributed by atoms with Gasteiger partial charge in [-0.1, -0.05) is 0 Å². The highest BCUT2D eigenvalue weighted by Gasteiger charge is 2.28. The fraction of sp³-hybridized carbons (Fsp3) is 0.643. The number of rotatable bonds is 5. The topological polar surface area (TPSA) is 72.8 Å². The molecule has 2 fully saturated rings. The Morgan fingerprint density at radius 3 is 2.71 bits per heavy atom. The highest BCUT2D eigenvalue weighted by atomic mass is 32.2. The van der Waals surface area contributed by atoms with E-state index in [4.69, 9.17) is 4.74 Å². The third kappa shape index (κ3) is 3.36. The van der Waals surface area contributed by atoms with Crippen LogP contribution in [0.1, 0.15) is 25.7 Å². The van der Waals surface area contributed by atoms with Gasteiger partial charge in [0.2, 0.25) is 10.0 Å². The van der Waals surface area contributed by atoms with Gasteiger partial charge in [0.1, 0.15) is 17.6 Å². The van der Waals surface area contributed by atoms with Crippen molar-refractivity contribution in [2.24, 2.45) is 0 Å². The van der Waals surface area contributed by atoms with E-state index in [0.29, 0.717) is 18.0 Å². The Morgan fingerprint density at radius 2 is 2.10 bits per heavy atom. The lowest BCUT2D eigenvalue weighted by molar-refractivity contribution is -0.364. The van der Waals surface area contributed by atoms with Crippen molar-refractivity contribution in [1.82, 2.24) is 4.31 Å². The summed E-state index contributed by atoms with van der Waals surface area (Å²) < 4.78 is 31.8. The van der Waals surface area contributed by atoms with E-state index in [0.717, 1.165) is 44.7 Å². The molecule has 0 saturated carbocycles. The third-order valence-corrected chi connectivity index (χ3v) is 5.93. The van der Waals surface area contributed by atoms with Gasteiger partial charge in [-0.3, -0.25) is 5.32 Å². The van der Waals surface area contributed by atoms with Gasteiger partial charge in [-0.25, -0.2) is 13.4 Å². The number of aromatic nitrogens is 1. The number of hydrogen-bond acceptors (Lipinski definition) is 4. The molecule has 0 amide bonds. The van der Waals surface area contributed by atoms with Crippen LogP contribution in [0.4, 0.5) is 5.82 Å². The number of ether oxygens (including phenoxy) is 1. The van der Waals surface area contributed by atoms with Crippen molar-refractivity contribution in [3.8, 4) is 0 Å². The Balaban J connectivity index is 1.63. The molecule has 0 aromatic carbocycles. The molecule has 2 N–H and O–H groups in total. The summed E-state index contributed by atoms with van der Waals surface area (Å²) in [5, 5.41) is 3.25. The van der Waals surface area contributed by atoms with Crippen molar-refractivity contribution in [2.75, 3.05) is 31.6 Å². The van der Waals surface area contributed by atoms with Crippen molar-refractivity contribution >= 4 is 15.8 Å². The summed E-state index contributed by atoms with van der Waals surface area (Å²) in [6, 6.07) is 3.43. The van der Waals surface area contributed by atoms with Gasteiger partial charge in [-0.05, 0) is 31.7 Å². The quantitative estimate of drug-likeness (QED) is 0.876. The maximum Gasteiger partial charge on any atom is 0.272 e. The molecule has 1 atom stereocenters. The van der Waals surface area contributed by atoms with Crippen LogP contribution in [0.3, 0.4) is 0 Å². The molecule has 7 heteroatoms. The van der Waals surface area contributed by atoms with Crippen molar-refractivity contribution in [1.29, 1.82) is 0 Å². The molecule has 0 bridgehead atoms. The summed E-state index contributed by atoms with van der Waals surface area (Å²) in [5.74, 6) is 0.811. The molecule has 1 aromatic heterocycles. The third-order valence-electron chi connectivity index (χ3n) is 4.03. The lowest BCUT2D eigenvalue weighted by Crippen LogP contribution is -2.29. The van der Waals surface area contributed by atoms with E-state index < -0.39 is 10.0 Å². The zero-order valence-corrected chi connectivity index (χ0v) is 12.9. The first-order chi connectivity index (χ1) is 10.2. The van der Waals surface area contributed by atoms with Gasteiger partial charge in [-0.15, -0.1) is 0 Å². The van der Waals surface area contributed by atoms with Crippen LogP contribution < -0.4 is 10.3 Å². The zero-order valence-electron chi connectivity index (χ0n) is 12.0. The number of hydrogen-bond donors (Lipinski definition) is 1. The van der Waals surface area contributed by atoms with Crippen LogP contribution in [0.5, 0.6) is 0 Å². The van der Waals surface area contributed by atoms with Gasteiger partial charge in [0.15, 0.2) is 0 Å². The first-order valence-electron chi connectivity index (χ1n) is 7.53. The average molecular weight is 312 g/mol. The van der Waals surface area contributed by atoms with Crippen LogP contribution >= 0.6 is 0 Å². The van der Waals surface area contributed by atoms with Crippen LogP contribution in [0.2, 0.25) is 0 Å². The molecule has 2 saturated heterocycles. The van der Waals surface area contributed by atoms with Gasteiger partial charge in [0.05, 0.1) is 6.10 Å². The zero-order chi connectivity index (χ0) is 14.7. The second-order valence-corrected chi connectivity index (χ2v) is 7.50. The average Bonchev–Trinajstić information content (AvgIpc) is 3.19. The van der Waals surface area contributed by atoms with Gasteiger partial charge in [-0.2, -0.15) is 4.31 Å². The minimum Gasteiger partial charge on any atom is -0.374 e. The van der Waals surface area contributed by atoms with Crippen LogP contribution in [0.15, 0.2) is 23.2 Å². The minimum atomic E-state index is -3.34. The van der Waals surface area contributed by atoms with E-state index in [1.807, 2.05) is 0 Å². The highest BCUT2D eigenvalue weighted by Crippen LogP contribution is 2.20. The van der Waals surface area contributed by atoms with Crippen molar-refractivity contribution < 1.29 is 18.1 Å². The first-order valence-corrected chi connectivity index (χ1v) is 8.98. The van der Waals surface area contributed by atoms with Crippen molar-refractivity contribution in [2.45, 2.75) is 36.7 Å². The van der Waals surface area contributed by atoms with Crippen molar-refractivity contribution in [3.63, 3.8) is 0 Å². The molecule has 21 heavy (non-hydrogen) atoms. The molecule has 116 valence electrons.